The lowest BCUT2D eigenvalue weighted by atomic mass is 10.1. The Morgan fingerprint density at radius 3 is 2.08 bits per heavy atom. The first kappa shape index (κ1) is 30.0. The number of amides is 1. The number of halogens is 2. The standard InChI is InChI=1S/C26H34ClN3O4S.ClH/c1-6-29(7-2)13-14-30(26-28-20-12-11-19(27)17-23(20)35-26)25(31)18-15-21(32-8-3)24(34-10-5)22(16-18)33-9-4;/h11-12,15-17H,6-10,13-14H2,1-5H3;1H. The first-order chi connectivity index (χ1) is 16.9. The predicted molar refractivity (Wildman–Crippen MR) is 151 cm³/mol. The average molecular weight is 557 g/mol. The van der Waals surface area contributed by atoms with Gasteiger partial charge in [0.15, 0.2) is 16.6 Å². The van der Waals surface area contributed by atoms with Crippen LogP contribution in [-0.2, 0) is 0 Å². The zero-order valence-electron chi connectivity index (χ0n) is 21.5. The molecular formula is C26H35Cl2N3O4S. The Hall–Kier alpha value is -2.26. The number of nitrogens with zero attached hydrogens (tertiary/aromatic N) is 3. The predicted octanol–water partition coefficient (Wildman–Crippen LogP) is 6.56. The van der Waals surface area contributed by atoms with Crippen molar-refractivity contribution < 1.29 is 19.0 Å². The zero-order valence-corrected chi connectivity index (χ0v) is 23.9. The monoisotopic (exact) mass is 555 g/mol. The summed E-state index contributed by atoms with van der Waals surface area (Å²) < 4.78 is 18.4. The second-order valence-electron chi connectivity index (χ2n) is 7.69. The number of thiazole rings is 1. The maximum atomic E-state index is 14.0. The lowest BCUT2D eigenvalue weighted by molar-refractivity contribution is 0.0982. The highest BCUT2D eigenvalue weighted by molar-refractivity contribution is 7.22. The summed E-state index contributed by atoms with van der Waals surface area (Å²) in [6.45, 7) is 14.3. The number of rotatable bonds is 13. The quantitative estimate of drug-likeness (QED) is 0.238. The number of carbonyl (C=O) groups is 1. The Morgan fingerprint density at radius 2 is 1.53 bits per heavy atom. The van der Waals surface area contributed by atoms with Crippen LogP contribution in [0.1, 0.15) is 45.0 Å². The van der Waals surface area contributed by atoms with Crippen molar-refractivity contribution in [1.82, 2.24) is 9.88 Å². The average Bonchev–Trinajstić information content (AvgIpc) is 3.26. The summed E-state index contributed by atoms with van der Waals surface area (Å²) >= 11 is 7.65. The molecule has 10 heteroatoms. The second-order valence-corrected chi connectivity index (χ2v) is 9.14. The van der Waals surface area contributed by atoms with Crippen LogP contribution in [0.25, 0.3) is 10.2 Å². The third kappa shape index (κ3) is 7.16. The third-order valence-electron chi connectivity index (χ3n) is 5.51. The van der Waals surface area contributed by atoms with Crippen LogP contribution in [-0.4, -0.2) is 61.8 Å². The molecule has 0 aliphatic carbocycles. The van der Waals surface area contributed by atoms with E-state index in [9.17, 15) is 4.79 Å². The maximum Gasteiger partial charge on any atom is 0.260 e. The normalized spacial score (nSPS) is 10.9. The summed E-state index contributed by atoms with van der Waals surface area (Å²) in [5.74, 6) is 1.32. The minimum Gasteiger partial charge on any atom is -0.490 e. The number of hydrogen-bond acceptors (Lipinski definition) is 7. The lowest BCUT2D eigenvalue weighted by Crippen LogP contribution is -2.38. The van der Waals surface area contributed by atoms with Gasteiger partial charge in [-0.25, -0.2) is 4.98 Å². The van der Waals surface area contributed by atoms with Crippen LogP contribution in [0.4, 0.5) is 5.13 Å². The van der Waals surface area contributed by atoms with Gasteiger partial charge < -0.3 is 19.1 Å². The smallest absolute Gasteiger partial charge is 0.260 e. The van der Waals surface area contributed by atoms with E-state index in [1.165, 1.54) is 11.3 Å². The SMILES string of the molecule is CCOc1cc(C(=O)N(CCN(CC)CC)c2nc3ccc(Cl)cc3s2)cc(OCC)c1OCC.Cl. The van der Waals surface area contributed by atoms with Crippen LogP contribution >= 0.6 is 35.3 Å². The summed E-state index contributed by atoms with van der Waals surface area (Å²) in [7, 11) is 0. The summed E-state index contributed by atoms with van der Waals surface area (Å²) in [6.07, 6.45) is 0. The van der Waals surface area contributed by atoms with E-state index in [2.05, 4.69) is 18.7 Å². The fourth-order valence-corrected chi connectivity index (χ4v) is 5.00. The molecule has 3 aromatic rings. The molecule has 0 aliphatic heterocycles. The largest absolute Gasteiger partial charge is 0.490 e. The molecule has 0 atom stereocenters. The van der Waals surface area contributed by atoms with Gasteiger partial charge in [-0.15, -0.1) is 12.4 Å². The number of likely N-dealkylation sites (N-methyl/N-ethyl adjacent to an activating group) is 1. The number of carbonyl (C=O) groups excluding carboxylic acids is 1. The number of anilines is 1. The number of aromatic nitrogens is 1. The molecule has 0 saturated heterocycles. The Kier molecular flexibility index (Phi) is 12.0. The molecule has 0 saturated carbocycles. The van der Waals surface area contributed by atoms with Crippen LogP contribution in [0, 0.1) is 0 Å². The first-order valence-corrected chi connectivity index (χ1v) is 13.3. The molecule has 3 rings (SSSR count). The van der Waals surface area contributed by atoms with Crippen LogP contribution in [0.2, 0.25) is 5.02 Å². The molecule has 198 valence electrons. The topological polar surface area (TPSA) is 64.1 Å². The fourth-order valence-electron chi connectivity index (χ4n) is 3.74. The van der Waals surface area contributed by atoms with Gasteiger partial charge in [-0.1, -0.05) is 36.8 Å². The van der Waals surface area contributed by atoms with E-state index in [0.717, 1.165) is 29.9 Å². The molecule has 2 aromatic carbocycles. The highest BCUT2D eigenvalue weighted by Gasteiger charge is 2.25. The number of ether oxygens (including phenoxy) is 3. The van der Waals surface area contributed by atoms with Crippen LogP contribution in [0.3, 0.4) is 0 Å². The van der Waals surface area contributed by atoms with Crippen molar-refractivity contribution in [2.45, 2.75) is 34.6 Å². The second kappa shape index (κ2) is 14.5. The Balaban J connectivity index is 0.00000456. The number of fused-ring (bicyclic) bond motifs is 1. The van der Waals surface area contributed by atoms with Crippen LogP contribution in [0.15, 0.2) is 30.3 Å². The summed E-state index contributed by atoms with van der Waals surface area (Å²) in [5.41, 5.74) is 1.27. The molecule has 0 unspecified atom stereocenters. The summed E-state index contributed by atoms with van der Waals surface area (Å²) in [5, 5.41) is 1.27. The van der Waals surface area contributed by atoms with Gasteiger partial charge in [-0.2, -0.15) is 0 Å². The zero-order chi connectivity index (χ0) is 25.4. The molecule has 1 aromatic heterocycles. The van der Waals surface area contributed by atoms with E-state index in [-0.39, 0.29) is 18.3 Å². The van der Waals surface area contributed by atoms with Crippen LogP contribution < -0.4 is 19.1 Å². The highest BCUT2D eigenvalue weighted by atomic mass is 35.5. The van der Waals surface area contributed by atoms with E-state index >= 15 is 0 Å². The van der Waals surface area contributed by atoms with Gasteiger partial charge in [0.2, 0.25) is 5.75 Å². The molecule has 0 spiro atoms. The molecular weight excluding hydrogens is 521 g/mol. The van der Waals surface area contributed by atoms with Crippen molar-refractivity contribution in [2.75, 3.05) is 50.9 Å². The van der Waals surface area contributed by atoms with Gasteiger partial charge in [0.25, 0.3) is 5.91 Å². The molecule has 7 nitrogen and oxygen atoms in total. The molecule has 1 heterocycles. The lowest BCUT2D eigenvalue weighted by Gasteiger charge is -2.25. The molecule has 0 fully saturated rings. The highest BCUT2D eigenvalue weighted by Crippen LogP contribution is 2.40. The van der Waals surface area contributed by atoms with Crippen molar-refractivity contribution in [1.29, 1.82) is 0 Å². The van der Waals surface area contributed by atoms with E-state index in [4.69, 9.17) is 30.8 Å². The summed E-state index contributed by atoms with van der Waals surface area (Å²) in [4.78, 5) is 22.7. The molecule has 36 heavy (non-hydrogen) atoms. The van der Waals surface area contributed by atoms with Crippen molar-refractivity contribution >= 4 is 56.6 Å². The van der Waals surface area contributed by atoms with E-state index in [1.807, 2.05) is 39.0 Å². The van der Waals surface area contributed by atoms with Crippen LogP contribution in [0.5, 0.6) is 17.2 Å². The molecule has 0 radical (unpaired) electrons. The van der Waals surface area contributed by atoms with Gasteiger partial charge >= 0.3 is 0 Å². The minimum absolute atomic E-state index is 0. The van der Waals surface area contributed by atoms with Gasteiger partial charge in [-0.05, 0) is 64.2 Å². The number of hydrogen-bond donors (Lipinski definition) is 0. The fraction of sp³-hybridized carbons (Fsp3) is 0.462. The minimum atomic E-state index is -0.174. The van der Waals surface area contributed by atoms with Gasteiger partial charge in [-0.3, -0.25) is 9.69 Å². The van der Waals surface area contributed by atoms with E-state index in [0.29, 0.717) is 59.3 Å². The van der Waals surface area contributed by atoms with E-state index in [1.54, 1.807) is 17.0 Å². The summed E-state index contributed by atoms with van der Waals surface area (Å²) in [6, 6.07) is 9.02. The molecule has 1 amide bonds. The molecule has 0 N–H and O–H groups in total. The van der Waals surface area contributed by atoms with Gasteiger partial charge in [0, 0.05) is 23.7 Å². The van der Waals surface area contributed by atoms with Crippen molar-refractivity contribution in [3.63, 3.8) is 0 Å². The van der Waals surface area contributed by atoms with E-state index < -0.39 is 0 Å². The van der Waals surface area contributed by atoms with Crippen molar-refractivity contribution in [3.8, 4) is 17.2 Å². The maximum absolute atomic E-state index is 14.0. The third-order valence-corrected chi connectivity index (χ3v) is 6.78. The van der Waals surface area contributed by atoms with Crippen molar-refractivity contribution in [3.05, 3.63) is 40.9 Å². The van der Waals surface area contributed by atoms with Gasteiger partial charge in [0.1, 0.15) is 0 Å². The van der Waals surface area contributed by atoms with Crippen molar-refractivity contribution in [2.24, 2.45) is 0 Å². The first-order valence-electron chi connectivity index (χ1n) is 12.1. The Bertz CT molecular complexity index is 1110. The Morgan fingerprint density at radius 1 is 0.917 bits per heavy atom. The number of benzene rings is 2. The molecule has 0 bridgehead atoms. The Labute approximate surface area is 228 Å². The molecule has 0 aliphatic rings. The van der Waals surface area contributed by atoms with Gasteiger partial charge in [0.05, 0.1) is 30.0 Å².